The number of aromatic nitrogens is 1. The van der Waals surface area contributed by atoms with E-state index in [1.807, 2.05) is 0 Å². The van der Waals surface area contributed by atoms with Crippen LogP contribution in [0.5, 0.6) is 0 Å². The van der Waals surface area contributed by atoms with E-state index in [4.69, 9.17) is 16.3 Å². The molecule has 9 heteroatoms. The monoisotopic (exact) mass is 377 g/mol. The van der Waals surface area contributed by atoms with Gasteiger partial charge in [-0.25, -0.2) is 9.18 Å². The number of carbonyl (C=O) groups excluding carboxylic acids is 1. The molecule has 1 heterocycles. The number of nitrogens with zero attached hydrogens (tertiary/aromatic N) is 1. The average Bonchev–Trinajstić information content (AvgIpc) is 3.04. The molecule has 0 spiro atoms. The second-order valence-corrected chi connectivity index (χ2v) is 5.74. The third kappa shape index (κ3) is 3.31. The summed E-state index contributed by atoms with van der Waals surface area (Å²) in [5.74, 6) is -1.17. The summed E-state index contributed by atoms with van der Waals surface area (Å²) in [5, 5.41) is 14.6. The number of esters is 1. The fourth-order valence-electron chi connectivity index (χ4n) is 2.51. The summed E-state index contributed by atoms with van der Waals surface area (Å²) in [6, 6.07) is 8.35. The number of nitrogens with one attached hydrogen (secondary N) is 2. The Balaban J connectivity index is 2.10. The van der Waals surface area contributed by atoms with E-state index in [1.165, 1.54) is 36.4 Å². The number of non-ortho nitro benzene ring substituents is 1. The van der Waals surface area contributed by atoms with Crippen molar-refractivity contribution in [1.82, 2.24) is 4.98 Å². The summed E-state index contributed by atoms with van der Waals surface area (Å²) in [5.41, 5.74) is 1.07. The van der Waals surface area contributed by atoms with Gasteiger partial charge in [-0.1, -0.05) is 11.6 Å². The zero-order valence-corrected chi connectivity index (χ0v) is 14.3. The van der Waals surface area contributed by atoms with Crippen molar-refractivity contribution >= 4 is 45.5 Å². The topological polar surface area (TPSA) is 97.3 Å². The van der Waals surface area contributed by atoms with E-state index in [9.17, 15) is 19.3 Å². The molecular formula is C17H13ClFN3O4. The third-order valence-corrected chi connectivity index (χ3v) is 3.95. The van der Waals surface area contributed by atoms with Gasteiger partial charge in [-0.15, -0.1) is 0 Å². The molecular weight excluding hydrogens is 365 g/mol. The van der Waals surface area contributed by atoms with Crippen LogP contribution in [-0.2, 0) is 4.74 Å². The lowest BCUT2D eigenvalue weighted by molar-refractivity contribution is -0.383. The highest BCUT2D eigenvalue weighted by Gasteiger charge is 2.20. The standard InChI is InChI=1S/C17H13ClFN3O4/c1-2-26-17(23)14-8-10-13(5-6-15(22(24)25)16(10)21-14)20-9-3-4-12(19)11(18)7-9/h3-8,20-21H,2H2,1H3. The van der Waals surface area contributed by atoms with Crippen LogP contribution in [0, 0.1) is 15.9 Å². The van der Waals surface area contributed by atoms with Crippen molar-refractivity contribution in [2.45, 2.75) is 6.92 Å². The van der Waals surface area contributed by atoms with Crippen LogP contribution in [0.25, 0.3) is 10.9 Å². The van der Waals surface area contributed by atoms with Crippen molar-refractivity contribution in [2.75, 3.05) is 11.9 Å². The van der Waals surface area contributed by atoms with Crippen molar-refractivity contribution in [3.63, 3.8) is 0 Å². The van der Waals surface area contributed by atoms with Crippen LogP contribution in [-0.4, -0.2) is 22.5 Å². The van der Waals surface area contributed by atoms with Gasteiger partial charge in [0.05, 0.1) is 16.6 Å². The van der Waals surface area contributed by atoms with E-state index in [0.717, 1.165) is 0 Å². The van der Waals surface area contributed by atoms with Crippen LogP contribution in [0.4, 0.5) is 21.5 Å². The summed E-state index contributed by atoms with van der Waals surface area (Å²) in [6.07, 6.45) is 0. The number of rotatable bonds is 5. The van der Waals surface area contributed by atoms with Crippen molar-refractivity contribution in [1.29, 1.82) is 0 Å². The predicted octanol–water partition coefficient (Wildman–Crippen LogP) is 4.79. The Morgan fingerprint density at radius 3 is 2.77 bits per heavy atom. The number of benzene rings is 2. The van der Waals surface area contributed by atoms with Crippen LogP contribution in [0.2, 0.25) is 5.02 Å². The SMILES string of the molecule is CCOC(=O)c1cc2c(Nc3ccc(F)c(Cl)c3)ccc([N+](=O)[O-])c2[nH]1. The fourth-order valence-corrected chi connectivity index (χ4v) is 2.69. The van der Waals surface area contributed by atoms with Gasteiger partial charge in [0, 0.05) is 22.8 Å². The van der Waals surface area contributed by atoms with E-state index in [2.05, 4.69) is 10.3 Å². The van der Waals surface area contributed by atoms with Gasteiger partial charge in [-0.2, -0.15) is 0 Å². The molecule has 2 aromatic carbocycles. The maximum absolute atomic E-state index is 13.3. The van der Waals surface area contributed by atoms with Gasteiger partial charge >= 0.3 is 5.97 Å². The molecule has 0 atom stereocenters. The van der Waals surface area contributed by atoms with Crippen LogP contribution in [0.1, 0.15) is 17.4 Å². The molecule has 0 bridgehead atoms. The number of H-pyrrole nitrogens is 1. The predicted molar refractivity (Wildman–Crippen MR) is 95.6 cm³/mol. The first kappa shape index (κ1) is 17.7. The molecule has 0 unspecified atom stereocenters. The molecule has 3 aromatic rings. The summed E-state index contributed by atoms with van der Waals surface area (Å²) < 4.78 is 18.2. The summed E-state index contributed by atoms with van der Waals surface area (Å²) in [7, 11) is 0. The molecule has 3 rings (SSSR count). The average molecular weight is 378 g/mol. The normalized spacial score (nSPS) is 10.7. The molecule has 0 fully saturated rings. The van der Waals surface area contributed by atoms with E-state index < -0.39 is 16.7 Å². The second kappa shape index (κ2) is 7.01. The Kier molecular flexibility index (Phi) is 4.77. The summed E-state index contributed by atoms with van der Waals surface area (Å²) in [4.78, 5) is 25.4. The van der Waals surface area contributed by atoms with E-state index in [-0.39, 0.29) is 28.5 Å². The van der Waals surface area contributed by atoms with Gasteiger partial charge in [0.25, 0.3) is 5.69 Å². The molecule has 0 amide bonds. The third-order valence-electron chi connectivity index (χ3n) is 3.66. The number of ether oxygens (including phenoxy) is 1. The van der Waals surface area contributed by atoms with Crippen molar-refractivity contribution < 1.29 is 18.8 Å². The number of anilines is 2. The molecule has 0 aliphatic rings. The van der Waals surface area contributed by atoms with Crippen LogP contribution in [0.15, 0.2) is 36.4 Å². The van der Waals surface area contributed by atoms with Gasteiger partial charge in [-0.3, -0.25) is 10.1 Å². The zero-order chi connectivity index (χ0) is 18.8. The number of aromatic amines is 1. The lowest BCUT2D eigenvalue weighted by atomic mass is 10.1. The highest BCUT2D eigenvalue weighted by Crippen LogP contribution is 2.34. The number of nitro groups is 1. The first-order valence-corrected chi connectivity index (χ1v) is 7.97. The smallest absolute Gasteiger partial charge is 0.354 e. The lowest BCUT2D eigenvalue weighted by Gasteiger charge is -2.08. The Morgan fingerprint density at radius 1 is 1.35 bits per heavy atom. The molecule has 7 nitrogen and oxygen atoms in total. The van der Waals surface area contributed by atoms with Gasteiger partial charge < -0.3 is 15.0 Å². The van der Waals surface area contributed by atoms with Crippen molar-refractivity contribution in [3.8, 4) is 0 Å². The maximum atomic E-state index is 13.3. The van der Waals surface area contributed by atoms with E-state index in [0.29, 0.717) is 16.8 Å². The number of nitro benzene ring substituents is 1. The Bertz CT molecular complexity index is 1020. The highest BCUT2D eigenvalue weighted by molar-refractivity contribution is 6.31. The first-order chi connectivity index (χ1) is 12.4. The van der Waals surface area contributed by atoms with Crippen LogP contribution in [0.3, 0.4) is 0 Å². The van der Waals surface area contributed by atoms with Crippen LogP contribution < -0.4 is 5.32 Å². The van der Waals surface area contributed by atoms with E-state index in [1.54, 1.807) is 6.92 Å². The van der Waals surface area contributed by atoms with Gasteiger partial charge in [-0.05, 0) is 37.3 Å². The van der Waals surface area contributed by atoms with Gasteiger partial charge in [0.1, 0.15) is 17.0 Å². The molecule has 0 aliphatic heterocycles. The first-order valence-electron chi connectivity index (χ1n) is 7.60. The van der Waals surface area contributed by atoms with Gasteiger partial charge in [0.2, 0.25) is 0 Å². The highest BCUT2D eigenvalue weighted by atomic mass is 35.5. The molecule has 0 saturated carbocycles. The largest absolute Gasteiger partial charge is 0.461 e. The summed E-state index contributed by atoms with van der Waals surface area (Å²) >= 11 is 5.77. The quantitative estimate of drug-likeness (QED) is 0.378. The number of fused-ring (bicyclic) bond motifs is 1. The van der Waals surface area contributed by atoms with E-state index >= 15 is 0 Å². The number of hydrogen-bond acceptors (Lipinski definition) is 5. The lowest BCUT2D eigenvalue weighted by Crippen LogP contribution is -2.04. The number of carbonyl (C=O) groups is 1. The molecule has 2 N–H and O–H groups in total. The minimum atomic E-state index is -0.617. The summed E-state index contributed by atoms with van der Waals surface area (Å²) in [6.45, 7) is 1.84. The molecule has 0 saturated heterocycles. The fraction of sp³-hybridized carbons (Fsp3) is 0.118. The maximum Gasteiger partial charge on any atom is 0.354 e. The minimum absolute atomic E-state index is 0.0607. The molecule has 134 valence electrons. The molecule has 0 aliphatic carbocycles. The number of halogens is 2. The zero-order valence-electron chi connectivity index (χ0n) is 13.5. The number of hydrogen-bond donors (Lipinski definition) is 2. The van der Waals surface area contributed by atoms with Crippen molar-refractivity contribution in [3.05, 3.63) is 63.0 Å². The Hall–Kier alpha value is -3.13. The second-order valence-electron chi connectivity index (χ2n) is 5.34. The molecule has 1 aromatic heterocycles. The Morgan fingerprint density at radius 2 is 2.12 bits per heavy atom. The van der Waals surface area contributed by atoms with Crippen molar-refractivity contribution in [2.24, 2.45) is 0 Å². The van der Waals surface area contributed by atoms with Gasteiger partial charge in [0.15, 0.2) is 0 Å². The molecule has 26 heavy (non-hydrogen) atoms. The minimum Gasteiger partial charge on any atom is -0.461 e. The molecule has 0 radical (unpaired) electrons. The van der Waals surface area contributed by atoms with Crippen LogP contribution >= 0.6 is 11.6 Å². The Labute approximate surface area is 151 Å².